The molecule has 1 atom stereocenters. The number of aromatic amines is 1. The van der Waals surface area contributed by atoms with Crippen molar-refractivity contribution in [3.8, 4) is 0 Å². The number of halogens is 2. The number of nitrogens with one attached hydrogen (secondary N) is 2. The van der Waals surface area contributed by atoms with Crippen LogP contribution in [0, 0.1) is 5.92 Å². The molecule has 1 aromatic heterocycles. The monoisotopic (exact) mass is 292 g/mol. The van der Waals surface area contributed by atoms with E-state index in [1.54, 1.807) is 6.92 Å². The first kappa shape index (κ1) is 15.3. The van der Waals surface area contributed by atoms with Crippen LogP contribution in [0.5, 0.6) is 0 Å². The molecule has 0 spiro atoms. The molecule has 0 fully saturated rings. The van der Waals surface area contributed by atoms with Gasteiger partial charge in [0.05, 0.1) is 10.6 Å². The third-order valence-electron chi connectivity index (χ3n) is 2.45. The van der Waals surface area contributed by atoms with Crippen LogP contribution in [-0.4, -0.2) is 28.1 Å². The van der Waals surface area contributed by atoms with Gasteiger partial charge in [-0.1, -0.05) is 37.0 Å². The van der Waals surface area contributed by atoms with Crippen molar-refractivity contribution in [1.82, 2.24) is 10.3 Å². The van der Waals surface area contributed by atoms with Crippen molar-refractivity contribution in [3.63, 3.8) is 0 Å². The second-order valence-electron chi connectivity index (χ2n) is 5.12. The second-order valence-corrected chi connectivity index (χ2v) is 5.91. The highest BCUT2D eigenvalue weighted by Crippen LogP contribution is 2.22. The number of rotatable bonds is 5. The summed E-state index contributed by atoms with van der Waals surface area (Å²) >= 11 is 11.5. The molecule has 1 rings (SSSR count). The van der Waals surface area contributed by atoms with Crippen molar-refractivity contribution < 1.29 is 9.90 Å². The molecule has 0 saturated carbocycles. The van der Waals surface area contributed by atoms with Crippen LogP contribution in [0.25, 0.3) is 0 Å². The van der Waals surface area contributed by atoms with Crippen molar-refractivity contribution in [2.24, 2.45) is 5.92 Å². The topological polar surface area (TPSA) is 65.1 Å². The zero-order chi connectivity index (χ0) is 13.9. The van der Waals surface area contributed by atoms with E-state index in [9.17, 15) is 9.90 Å². The maximum absolute atomic E-state index is 11.8. The summed E-state index contributed by atoms with van der Waals surface area (Å²) in [5.74, 6) is 0.0131. The van der Waals surface area contributed by atoms with Crippen LogP contribution < -0.4 is 5.32 Å². The van der Waals surface area contributed by atoms with E-state index < -0.39 is 5.60 Å². The summed E-state index contributed by atoms with van der Waals surface area (Å²) in [6.45, 7) is 5.90. The summed E-state index contributed by atoms with van der Waals surface area (Å²) in [4.78, 5) is 14.4. The number of hydrogen-bond acceptors (Lipinski definition) is 2. The molecule has 0 aliphatic rings. The Morgan fingerprint density at radius 3 is 2.61 bits per heavy atom. The molecule has 102 valence electrons. The fraction of sp³-hybridized carbons (Fsp3) is 0.583. The molecule has 18 heavy (non-hydrogen) atoms. The lowest BCUT2D eigenvalue weighted by molar-refractivity contribution is 0.0367. The first-order valence-electron chi connectivity index (χ1n) is 5.76. The van der Waals surface area contributed by atoms with Crippen LogP contribution in [0.4, 0.5) is 0 Å². The minimum Gasteiger partial charge on any atom is -0.388 e. The Labute approximate surface area is 117 Å². The van der Waals surface area contributed by atoms with E-state index >= 15 is 0 Å². The van der Waals surface area contributed by atoms with E-state index in [-0.39, 0.29) is 23.3 Å². The van der Waals surface area contributed by atoms with Gasteiger partial charge >= 0.3 is 0 Å². The third kappa shape index (κ3) is 4.52. The largest absolute Gasteiger partial charge is 0.388 e. The second kappa shape index (κ2) is 5.95. The van der Waals surface area contributed by atoms with Gasteiger partial charge in [0.1, 0.15) is 10.8 Å². The molecular formula is C12H18Cl2N2O2. The molecule has 1 heterocycles. The average molecular weight is 293 g/mol. The van der Waals surface area contributed by atoms with Crippen molar-refractivity contribution in [1.29, 1.82) is 0 Å². The Bertz CT molecular complexity index is 408. The Morgan fingerprint density at radius 2 is 2.17 bits per heavy atom. The van der Waals surface area contributed by atoms with Crippen LogP contribution in [-0.2, 0) is 0 Å². The van der Waals surface area contributed by atoms with Crippen molar-refractivity contribution >= 4 is 29.1 Å². The summed E-state index contributed by atoms with van der Waals surface area (Å²) in [5, 5.41) is 13.2. The SMILES string of the molecule is CC(C)CC(C)(O)CNC(=O)c1cc(Cl)c(Cl)[nH]1. The van der Waals surface area contributed by atoms with Gasteiger partial charge in [-0.2, -0.15) is 0 Å². The quantitative estimate of drug-likeness (QED) is 0.781. The molecule has 1 amide bonds. The van der Waals surface area contributed by atoms with Crippen LogP contribution in [0.15, 0.2) is 6.07 Å². The minimum absolute atomic E-state index is 0.179. The van der Waals surface area contributed by atoms with E-state index in [1.807, 2.05) is 13.8 Å². The van der Waals surface area contributed by atoms with Gasteiger partial charge in [0, 0.05) is 6.54 Å². The summed E-state index contributed by atoms with van der Waals surface area (Å²) in [7, 11) is 0. The van der Waals surface area contributed by atoms with E-state index in [2.05, 4.69) is 10.3 Å². The van der Waals surface area contributed by atoms with Gasteiger partial charge in [0.2, 0.25) is 0 Å². The Hall–Kier alpha value is -0.710. The number of carbonyl (C=O) groups is 1. The van der Waals surface area contributed by atoms with Gasteiger partial charge < -0.3 is 15.4 Å². The van der Waals surface area contributed by atoms with Crippen molar-refractivity contribution in [2.75, 3.05) is 6.54 Å². The molecule has 0 aliphatic carbocycles. The molecule has 0 bridgehead atoms. The number of H-pyrrole nitrogens is 1. The summed E-state index contributed by atoms with van der Waals surface area (Å²) < 4.78 is 0. The van der Waals surface area contributed by atoms with E-state index in [4.69, 9.17) is 23.2 Å². The van der Waals surface area contributed by atoms with Crippen molar-refractivity contribution in [2.45, 2.75) is 32.8 Å². The number of carbonyl (C=O) groups excluding carboxylic acids is 1. The number of hydrogen-bond donors (Lipinski definition) is 3. The predicted octanol–water partition coefficient (Wildman–Crippen LogP) is 2.85. The van der Waals surface area contributed by atoms with Gasteiger partial charge in [-0.15, -0.1) is 0 Å². The summed E-state index contributed by atoms with van der Waals surface area (Å²) in [5.41, 5.74) is -0.644. The molecule has 0 aromatic carbocycles. The number of aliphatic hydroxyl groups is 1. The summed E-state index contributed by atoms with van der Waals surface area (Å²) in [6, 6.07) is 1.45. The molecule has 6 heteroatoms. The lowest BCUT2D eigenvalue weighted by Crippen LogP contribution is -2.41. The smallest absolute Gasteiger partial charge is 0.267 e. The standard InChI is InChI=1S/C12H18Cl2N2O2/c1-7(2)5-12(3,18)6-15-11(17)9-4-8(13)10(14)16-9/h4,7,16,18H,5-6H2,1-3H3,(H,15,17). The summed E-state index contributed by atoms with van der Waals surface area (Å²) in [6.07, 6.45) is 0.611. The lowest BCUT2D eigenvalue weighted by atomic mass is 9.94. The lowest BCUT2D eigenvalue weighted by Gasteiger charge is -2.25. The highest BCUT2D eigenvalue weighted by Gasteiger charge is 2.23. The first-order valence-corrected chi connectivity index (χ1v) is 6.51. The van der Waals surface area contributed by atoms with Gasteiger partial charge in [-0.05, 0) is 25.3 Å². The molecule has 1 aromatic rings. The molecular weight excluding hydrogens is 275 g/mol. The molecule has 4 nitrogen and oxygen atoms in total. The molecule has 0 radical (unpaired) electrons. The van der Waals surface area contributed by atoms with Gasteiger partial charge in [0.25, 0.3) is 5.91 Å². The number of amides is 1. The maximum Gasteiger partial charge on any atom is 0.267 e. The fourth-order valence-corrected chi connectivity index (χ4v) is 2.16. The van der Waals surface area contributed by atoms with Gasteiger partial charge in [-0.3, -0.25) is 4.79 Å². The minimum atomic E-state index is -0.927. The molecule has 1 unspecified atom stereocenters. The van der Waals surface area contributed by atoms with Crippen LogP contribution >= 0.6 is 23.2 Å². The number of aromatic nitrogens is 1. The molecule has 0 aliphatic heterocycles. The Balaban J connectivity index is 2.56. The van der Waals surface area contributed by atoms with E-state index in [1.165, 1.54) is 6.07 Å². The Morgan fingerprint density at radius 1 is 1.56 bits per heavy atom. The third-order valence-corrected chi connectivity index (χ3v) is 3.14. The van der Waals surface area contributed by atoms with Crippen LogP contribution in [0.3, 0.4) is 0 Å². The zero-order valence-corrected chi connectivity index (χ0v) is 12.2. The zero-order valence-electron chi connectivity index (χ0n) is 10.7. The van der Waals surface area contributed by atoms with Crippen LogP contribution in [0.2, 0.25) is 10.2 Å². The fourth-order valence-electron chi connectivity index (χ4n) is 1.84. The maximum atomic E-state index is 11.8. The Kier molecular flexibility index (Phi) is 5.08. The van der Waals surface area contributed by atoms with E-state index in [0.717, 1.165) is 0 Å². The van der Waals surface area contributed by atoms with Gasteiger partial charge in [0.15, 0.2) is 0 Å². The predicted molar refractivity (Wildman–Crippen MR) is 73.2 cm³/mol. The van der Waals surface area contributed by atoms with E-state index in [0.29, 0.717) is 17.4 Å². The molecule has 0 saturated heterocycles. The normalized spacial score (nSPS) is 14.6. The van der Waals surface area contributed by atoms with Crippen molar-refractivity contribution in [3.05, 3.63) is 21.9 Å². The van der Waals surface area contributed by atoms with Gasteiger partial charge in [-0.25, -0.2) is 0 Å². The molecule has 3 N–H and O–H groups in total. The average Bonchev–Trinajstić information content (AvgIpc) is 2.54. The highest BCUT2D eigenvalue weighted by molar-refractivity contribution is 6.41. The van der Waals surface area contributed by atoms with Crippen LogP contribution in [0.1, 0.15) is 37.7 Å². The first-order chi connectivity index (χ1) is 8.21. The highest BCUT2D eigenvalue weighted by atomic mass is 35.5.